The van der Waals surface area contributed by atoms with Crippen LogP contribution in [0, 0.1) is 6.92 Å². The first-order valence-corrected chi connectivity index (χ1v) is 7.23. The largest absolute Gasteiger partial charge is 0.506 e. The molecule has 1 unspecified atom stereocenters. The van der Waals surface area contributed by atoms with E-state index in [0.717, 1.165) is 36.8 Å². The number of carbonyl (C=O) groups is 1. The molecular weight excluding hydrogens is 310 g/mol. The monoisotopic (exact) mass is 327 g/mol. The number of nitrogens with two attached hydrogens (primary N) is 1. The van der Waals surface area contributed by atoms with E-state index in [1.165, 1.54) is 5.56 Å². The van der Waals surface area contributed by atoms with Gasteiger partial charge in [0.2, 0.25) is 0 Å². The lowest BCUT2D eigenvalue weighted by Gasteiger charge is -2.25. The van der Waals surface area contributed by atoms with E-state index < -0.39 is 11.9 Å². The molecule has 19 heavy (non-hydrogen) atoms. The molecule has 0 aliphatic heterocycles. The van der Waals surface area contributed by atoms with E-state index in [1.807, 2.05) is 6.92 Å². The minimum absolute atomic E-state index is 0.0189. The lowest BCUT2D eigenvalue weighted by Crippen LogP contribution is -2.23. The standard InChI is InChI=1S/C14H18BrNO3/c1-7-8-4-2-3-5-9(8)12(15)13(17)11(7)10(6-16)14(18)19/h10,17H,2-6,16H2,1H3,(H,18,19). The summed E-state index contributed by atoms with van der Waals surface area (Å²) in [4.78, 5) is 11.3. The molecule has 0 saturated carbocycles. The van der Waals surface area contributed by atoms with Gasteiger partial charge in [0.15, 0.2) is 0 Å². The first kappa shape index (κ1) is 14.3. The first-order chi connectivity index (χ1) is 8.99. The van der Waals surface area contributed by atoms with Crippen LogP contribution >= 0.6 is 15.9 Å². The Hall–Kier alpha value is -1.07. The highest BCUT2D eigenvalue weighted by Crippen LogP contribution is 2.43. The van der Waals surface area contributed by atoms with Crippen molar-refractivity contribution < 1.29 is 15.0 Å². The van der Waals surface area contributed by atoms with Crippen molar-refractivity contribution in [2.45, 2.75) is 38.5 Å². The van der Waals surface area contributed by atoms with Gasteiger partial charge >= 0.3 is 5.97 Å². The van der Waals surface area contributed by atoms with Crippen molar-refractivity contribution in [2.24, 2.45) is 5.73 Å². The van der Waals surface area contributed by atoms with E-state index in [4.69, 9.17) is 5.73 Å². The second-order valence-corrected chi connectivity index (χ2v) is 5.79. The fourth-order valence-corrected chi connectivity index (χ4v) is 3.58. The average Bonchev–Trinajstić information content (AvgIpc) is 2.40. The molecule has 5 heteroatoms. The summed E-state index contributed by atoms with van der Waals surface area (Å²) in [5.74, 6) is -1.82. The van der Waals surface area contributed by atoms with Crippen LogP contribution < -0.4 is 5.73 Å². The van der Waals surface area contributed by atoms with Crippen LogP contribution in [0.1, 0.15) is 41.0 Å². The molecule has 0 amide bonds. The van der Waals surface area contributed by atoms with E-state index in [9.17, 15) is 15.0 Å². The molecule has 0 radical (unpaired) electrons. The summed E-state index contributed by atoms with van der Waals surface area (Å²) in [6.07, 6.45) is 4.06. The average molecular weight is 328 g/mol. The predicted octanol–water partition coefficient (Wildman–Crippen LogP) is 2.47. The smallest absolute Gasteiger partial charge is 0.312 e. The molecule has 4 N–H and O–H groups in total. The number of aliphatic carboxylic acids is 1. The first-order valence-electron chi connectivity index (χ1n) is 6.44. The second kappa shape index (κ2) is 5.51. The highest BCUT2D eigenvalue weighted by Gasteiger charge is 2.29. The van der Waals surface area contributed by atoms with Crippen LogP contribution in [0.5, 0.6) is 5.75 Å². The van der Waals surface area contributed by atoms with E-state index in [-0.39, 0.29) is 12.3 Å². The number of hydrogen-bond acceptors (Lipinski definition) is 3. The third-order valence-corrected chi connectivity index (χ3v) is 4.79. The molecular formula is C14H18BrNO3. The van der Waals surface area contributed by atoms with Gasteiger partial charge in [0.05, 0.1) is 10.4 Å². The third kappa shape index (κ3) is 2.37. The van der Waals surface area contributed by atoms with Crippen molar-refractivity contribution in [1.82, 2.24) is 0 Å². The molecule has 1 atom stereocenters. The Morgan fingerprint density at radius 3 is 2.47 bits per heavy atom. The highest BCUT2D eigenvalue weighted by molar-refractivity contribution is 9.10. The summed E-state index contributed by atoms with van der Waals surface area (Å²) in [6.45, 7) is 1.87. The molecule has 1 aromatic carbocycles. The molecule has 4 nitrogen and oxygen atoms in total. The fraction of sp³-hybridized carbons (Fsp3) is 0.500. The van der Waals surface area contributed by atoms with Gasteiger partial charge in [-0.05, 0) is 65.2 Å². The molecule has 0 fully saturated rings. The maximum Gasteiger partial charge on any atom is 0.312 e. The van der Waals surface area contributed by atoms with Crippen LogP contribution in [0.3, 0.4) is 0 Å². The quantitative estimate of drug-likeness (QED) is 0.796. The van der Waals surface area contributed by atoms with Crippen molar-refractivity contribution in [2.75, 3.05) is 6.54 Å². The number of hydrogen-bond donors (Lipinski definition) is 3. The van der Waals surface area contributed by atoms with Gasteiger partial charge in [-0.3, -0.25) is 4.79 Å². The van der Waals surface area contributed by atoms with Gasteiger partial charge in [0, 0.05) is 12.1 Å². The summed E-state index contributed by atoms with van der Waals surface area (Å²) < 4.78 is 0.641. The minimum atomic E-state index is -0.997. The minimum Gasteiger partial charge on any atom is -0.506 e. The van der Waals surface area contributed by atoms with E-state index in [1.54, 1.807) is 0 Å². The topological polar surface area (TPSA) is 83.5 Å². The number of rotatable bonds is 3. The number of halogens is 1. The molecule has 0 aromatic heterocycles. The Labute approximate surface area is 120 Å². The molecule has 104 valence electrons. The van der Waals surface area contributed by atoms with E-state index in [0.29, 0.717) is 10.0 Å². The number of carboxylic acid groups (broad SMARTS) is 1. The van der Waals surface area contributed by atoms with Crippen LogP contribution in [-0.2, 0) is 17.6 Å². The number of phenols is 1. The molecule has 0 heterocycles. The summed E-state index contributed by atoms with van der Waals surface area (Å²) in [5, 5.41) is 19.6. The molecule has 0 bridgehead atoms. The Morgan fingerprint density at radius 2 is 1.95 bits per heavy atom. The van der Waals surface area contributed by atoms with Gasteiger partial charge in [-0.1, -0.05) is 0 Å². The highest BCUT2D eigenvalue weighted by atomic mass is 79.9. The van der Waals surface area contributed by atoms with Gasteiger partial charge in [-0.2, -0.15) is 0 Å². The molecule has 1 aromatic rings. The maximum atomic E-state index is 11.3. The van der Waals surface area contributed by atoms with Crippen molar-refractivity contribution >= 4 is 21.9 Å². The predicted molar refractivity (Wildman–Crippen MR) is 76.6 cm³/mol. The lowest BCUT2D eigenvalue weighted by molar-refractivity contribution is -0.138. The molecule has 0 saturated heterocycles. The normalized spacial score (nSPS) is 15.9. The van der Waals surface area contributed by atoms with E-state index in [2.05, 4.69) is 15.9 Å². The van der Waals surface area contributed by atoms with Gasteiger partial charge in [-0.25, -0.2) is 0 Å². The number of phenolic OH excluding ortho intramolecular Hbond substituents is 1. The van der Waals surface area contributed by atoms with Crippen LogP contribution in [0.2, 0.25) is 0 Å². The van der Waals surface area contributed by atoms with Gasteiger partial charge < -0.3 is 15.9 Å². The molecule has 0 spiro atoms. The third-order valence-electron chi connectivity index (χ3n) is 3.93. The van der Waals surface area contributed by atoms with Gasteiger partial charge in [-0.15, -0.1) is 0 Å². The van der Waals surface area contributed by atoms with Gasteiger partial charge in [0.25, 0.3) is 0 Å². The molecule has 1 aliphatic carbocycles. The van der Waals surface area contributed by atoms with Crippen molar-refractivity contribution in [3.63, 3.8) is 0 Å². The number of benzene rings is 1. The Morgan fingerprint density at radius 1 is 1.37 bits per heavy atom. The Bertz CT molecular complexity index is 528. The maximum absolute atomic E-state index is 11.3. The fourth-order valence-electron chi connectivity index (χ4n) is 2.93. The van der Waals surface area contributed by atoms with Gasteiger partial charge in [0.1, 0.15) is 5.75 Å². The number of carboxylic acids is 1. The summed E-state index contributed by atoms with van der Waals surface area (Å²) in [5.41, 5.74) is 9.19. The SMILES string of the molecule is Cc1c2c(c(Br)c(O)c1C(CN)C(=O)O)CCCC2. The van der Waals surface area contributed by atoms with Crippen molar-refractivity contribution in [3.05, 3.63) is 26.7 Å². The van der Waals surface area contributed by atoms with Crippen molar-refractivity contribution in [1.29, 1.82) is 0 Å². The molecule has 1 aliphatic rings. The number of aromatic hydroxyl groups is 1. The summed E-state index contributed by atoms with van der Waals surface area (Å²) in [7, 11) is 0. The summed E-state index contributed by atoms with van der Waals surface area (Å²) in [6, 6.07) is 0. The second-order valence-electron chi connectivity index (χ2n) is 4.99. The van der Waals surface area contributed by atoms with E-state index >= 15 is 0 Å². The zero-order valence-electron chi connectivity index (χ0n) is 10.9. The van der Waals surface area contributed by atoms with Crippen LogP contribution in [-0.4, -0.2) is 22.7 Å². The Balaban J connectivity index is 2.68. The number of fused-ring (bicyclic) bond motifs is 1. The van der Waals surface area contributed by atoms with Crippen LogP contribution in [0.15, 0.2) is 4.47 Å². The Kier molecular flexibility index (Phi) is 4.16. The van der Waals surface area contributed by atoms with Crippen molar-refractivity contribution in [3.8, 4) is 5.75 Å². The zero-order chi connectivity index (χ0) is 14.2. The lowest BCUT2D eigenvalue weighted by atomic mass is 9.82. The van der Waals surface area contributed by atoms with Crippen LogP contribution in [0.4, 0.5) is 0 Å². The zero-order valence-corrected chi connectivity index (χ0v) is 12.5. The summed E-state index contributed by atoms with van der Waals surface area (Å²) >= 11 is 3.41. The molecule has 2 rings (SSSR count). The van der Waals surface area contributed by atoms with Crippen LogP contribution in [0.25, 0.3) is 0 Å².